The molecule has 3 aromatic heterocycles. The van der Waals surface area contributed by atoms with E-state index in [0.29, 0.717) is 11.1 Å². The standard InChI is InChI=1S/C18H15F3N6O/c1-17(2,3)27-14-5-4-10(8-13(14)24-26-27)15-23-16(28-25-15)11-9-22-7-6-12(11)18(19,20)21/h4-9H,1-3H3. The van der Waals surface area contributed by atoms with Crippen LogP contribution in [-0.4, -0.2) is 30.1 Å². The molecule has 0 radical (unpaired) electrons. The predicted molar refractivity (Wildman–Crippen MR) is 94.0 cm³/mol. The number of hydrogen-bond donors (Lipinski definition) is 0. The number of benzene rings is 1. The summed E-state index contributed by atoms with van der Waals surface area (Å²) < 4.78 is 46.5. The molecule has 0 bridgehead atoms. The average molecular weight is 388 g/mol. The maximum atomic E-state index is 13.2. The van der Waals surface area contributed by atoms with Gasteiger partial charge in [0.15, 0.2) is 0 Å². The van der Waals surface area contributed by atoms with Crippen LogP contribution in [0.25, 0.3) is 33.9 Å². The van der Waals surface area contributed by atoms with Crippen molar-refractivity contribution in [2.45, 2.75) is 32.5 Å². The molecule has 0 fully saturated rings. The van der Waals surface area contributed by atoms with E-state index in [9.17, 15) is 13.2 Å². The highest BCUT2D eigenvalue weighted by Gasteiger charge is 2.35. The molecule has 0 N–H and O–H groups in total. The molecule has 0 spiro atoms. The van der Waals surface area contributed by atoms with Crippen LogP contribution in [0.1, 0.15) is 26.3 Å². The molecule has 1 aromatic carbocycles. The monoisotopic (exact) mass is 388 g/mol. The molecule has 0 aliphatic carbocycles. The lowest BCUT2D eigenvalue weighted by atomic mass is 10.1. The van der Waals surface area contributed by atoms with E-state index < -0.39 is 11.7 Å². The van der Waals surface area contributed by atoms with Gasteiger partial charge in [-0.05, 0) is 45.0 Å². The molecule has 0 aliphatic heterocycles. The molecule has 28 heavy (non-hydrogen) atoms. The second-order valence-electron chi connectivity index (χ2n) is 7.22. The van der Waals surface area contributed by atoms with E-state index in [0.717, 1.165) is 24.0 Å². The molecule has 0 aliphatic rings. The summed E-state index contributed by atoms with van der Waals surface area (Å²) in [4.78, 5) is 7.85. The molecule has 144 valence electrons. The first kappa shape index (κ1) is 18.1. The molecule has 4 rings (SSSR count). The number of alkyl halides is 3. The summed E-state index contributed by atoms with van der Waals surface area (Å²) in [6.45, 7) is 6.02. The predicted octanol–water partition coefficient (Wildman–Crippen LogP) is 4.32. The zero-order valence-electron chi connectivity index (χ0n) is 15.2. The Balaban J connectivity index is 1.75. The second-order valence-corrected chi connectivity index (χ2v) is 7.22. The minimum absolute atomic E-state index is 0.152. The third-order valence-electron chi connectivity index (χ3n) is 4.12. The van der Waals surface area contributed by atoms with Crippen LogP contribution in [0.2, 0.25) is 0 Å². The normalized spacial score (nSPS) is 12.6. The van der Waals surface area contributed by atoms with Gasteiger partial charge in [-0.2, -0.15) is 18.2 Å². The zero-order chi connectivity index (χ0) is 20.1. The quantitative estimate of drug-likeness (QED) is 0.509. The van der Waals surface area contributed by atoms with Crippen LogP contribution in [-0.2, 0) is 11.7 Å². The Kier molecular flexibility index (Phi) is 3.95. The van der Waals surface area contributed by atoms with Gasteiger partial charge in [-0.25, -0.2) is 4.68 Å². The fourth-order valence-corrected chi connectivity index (χ4v) is 2.82. The first-order valence-electron chi connectivity index (χ1n) is 8.36. The van der Waals surface area contributed by atoms with Crippen molar-refractivity contribution in [3.63, 3.8) is 0 Å². The first-order chi connectivity index (χ1) is 13.1. The smallest absolute Gasteiger partial charge is 0.334 e. The molecule has 0 amide bonds. The lowest BCUT2D eigenvalue weighted by Crippen LogP contribution is -2.22. The minimum atomic E-state index is -4.56. The number of aromatic nitrogens is 6. The number of pyridine rings is 1. The van der Waals surface area contributed by atoms with Crippen LogP contribution < -0.4 is 0 Å². The maximum absolute atomic E-state index is 13.2. The fourth-order valence-electron chi connectivity index (χ4n) is 2.82. The molecule has 0 atom stereocenters. The lowest BCUT2D eigenvalue weighted by molar-refractivity contribution is -0.137. The van der Waals surface area contributed by atoms with Crippen molar-refractivity contribution < 1.29 is 17.7 Å². The number of rotatable bonds is 2. The summed E-state index contributed by atoms with van der Waals surface area (Å²) in [6, 6.07) is 6.15. The third kappa shape index (κ3) is 3.10. The van der Waals surface area contributed by atoms with Crippen LogP contribution in [0.15, 0.2) is 41.2 Å². The lowest BCUT2D eigenvalue weighted by Gasteiger charge is -2.19. The van der Waals surface area contributed by atoms with Crippen LogP contribution >= 0.6 is 0 Å². The Morgan fingerprint density at radius 2 is 1.86 bits per heavy atom. The van der Waals surface area contributed by atoms with E-state index in [1.54, 1.807) is 16.8 Å². The molecule has 0 saturated heterocycles. The van der Waals surface area contributed by atoms with E-state index in [-0.39, 0.29) is 22.8 Å². The van der Waals surface area contributed by atoms with E-state index in [2.05, 4.69) is 25.4 Å². The van der Waals surface area contributed by atoms with Gasteiger partial charge in [0.05, 0.1) is 22.2 Å². The Hall–Kier alpha value is -3.30. The number of fused-ring (bicyclic) bond motifs is 1. The topological polar surface area (TPSA) is 82.5 Å². The Bertz CT molecular complexity index is 1160. The van der Waals surface area contributed by atoms with Crippen LogP contribution in [0, 0.1) is 0 Å². The number of hydrogen-bond acceptors (Lipinski definition) is 6. The highest BCUT2D eigenvalue weighted by molar-refractivity contribution is 5.80. The van der Waals surface area contributed by atoms with Gasteiger partial charge in [0.2, 0.25) is 5.82 Å². The van der Waals surface area contributed by atoms with Crippen molar-refractivity contribution in [3.8, 4) is 22.8 Å². The molecule has 7 nitrogen and oxygen atoms in total. The SMILES string of the molecule is CC(C)(C)n1nnc2cc(-c3noc(-c4cnccc4C(F)(F)F)n3)ccc21. The van der Waals surface area contributed by atoms with E-state index in [1.807, 2.05) is 26.8 Å². The van der Waals surface area contributed by atoms with Crippen LogP contribution in [0.5, 0.6) is 0 Å². The van der Waals surface area contributed by atoms with E-state index in [4.69, 9.17) is 4.52 Å². The number of halogens is 3. The van der Waals surface area contributed by atoms with E-state index >= 15 is 0 Å². The van der Waals surface area contributed by atoms with Gasteiger partial charge in [0.25, 0.3) is 5.89 Å². The highest BCUT2D eigenvalue weighted by atomic mass is 19.4. The largest absolute Gasteiger partial charge is 0.417 e. The van der Waals surface area contributed by atoms with Gasteiger partial charge in [0.1, 0.15) is 5.52 Å². The zero-order valence-corrected chi connectivity index (χ0v) is 15.2. The molecular weight excluding hydrogens is 373 g/mol. The molecule has 0 unspecified atom stereocenters. The maximum Gasteiger partial charge on any atom is 0.417 e. The van der Waals surface area contributed by atoms with Gasteiger partial charge in [-0.1, -0.05) is 10.4 Å². The van der Waals surface area contributed by atoms with Crippen molar-refractivity contribution in [3.05, 3.63) is 42.2 Å². The summed E-state index contributed by atoms with van der Waals surface area (Å²) in [5.41, 5.74) is 0.600. The highest BCUT2D eigenvalue weighted by Crippen LogP contribution is 2.36. The van der Waals surface area contributed by atoms with Gasteiger partial charge in [-0.15, -0.1) is 5.10 Å². The summed E-state index contributed by atoms with van der Waals surface area (Å²) in [5, 5.41) is 12.1. The molecule has 0 saturated carbocycles. The van der Waals surface area contributed by atoms with Gasteiger partial charge < -0.3 is 4.52 Å². The van der Waals surface area contributed by atoms with Crippen molar-refractivity contribution in [1.82, 2.24) is 30.1 Å². The Labute approximate surface area is 157 Å². The van der Waals surface area contributed by atoms with Crippen molar-refractivity contribution in [1.29, 1.82) is 0 Å². The molecule has 4 aromatic rings. The van der Waals surface area contributed by atoms with Gasteiger partial charge in [-0.3, -0.25) is 4.98 Å². The molecule has 3 heterocycles. The molecular formula is C18H15F3N6O. The summed E-state index contributed by atoms with van der Waals surface area (Å²) in [5.74, 6) is -0.104. The average Bonchev–Trinajstić information content (AvgIpc) is 3.27. The molecule has 10 heteroatoms. The van der Waals surface area contributed by atoms with Crippen molar-refractivity contribution in [2.24, 2.45) is 0 Å². The summed E-state index contributed by atoms with van der Waals surface area (Å²) in [6.07, 6.45) is -2.44. The Morgan fingerprint density at radius 1 is 1.07 bits per heavy atom. The van der Waals surface area contributed by atoms with Gasteiger partial charge in [0, 0.05) is 18.0 Å². The fraction of sp³-hybridized carbons (Fsp3) is 0.278. The second kappa shape index (κ2) is 6.11. The Morgan fingerprint density at radius 3 is 2.57 bits per heavy atom. The third-order valence-corrected chi connectivity index (χ3v) is 4.12. The van der Waals surface area contributed by atoms with Crippen molar-refractivity contribution >= 4 is 11.0 Å². The van der Waals surface area contributed by atoms with Crippen LogP contribution in [0.3, 0.4) is 0 Å². The summed E-state index contributed by atoms with van der Waals surface area (Å²) >= 11 is 0. The minimum Gasteiger partial charge on any atom is -0.334 e. The van der Waals surface area contributed by atoms with Gasteiger partial charge >= 0.3 is 6.18 Å². The number of nitrogens with zero attached hydrogens (tertiary/aromatic N) is 6. The first-order valence-corrected chi connectivity index (χ1v) is 8.36. The van der Waals surface area contributed by atoms with E-state index in [1.165, 1.54) is 0 Å². The summed E-state index contributed by atoms with van der Waals surface area (Å²) in [7, 11) is 0. The van der Waals surface area contributed by atoms with Crippen LogP contribution in [0.4, 0.5) is 13.2 Å². The van der Waals surface area contributed by atoms with Crippen molar-refractivity contribution in [2.75, 3.05) is 0 Å².